The zero-order valence-electron chi connectivity index (χ0n) is 33.5. The number of hydrogen-bond donors (Lipinski definition) is 5. The van der Waals surface area contributed by atoms with Crippen LogP contribution in [0.4, 0.5) is 47.6 Å². The SMILES string of the molecule is NC(=O)CCNc1ccc(N2CCC(CN3CCN(c4ccc5c(c4)CCn4nc(-c6ccc(C(=O)Nc7cccc(C(F)(F)F)n7)cc6)c(C(N)=O)c4N5)CC3)CC2)cc1. The van der Waals surface area contributed by atoms with Crippen molar-refractivity contribution in [2.75, 3.05) is 78.1 Å². The number of primary amides is 2. The van der Waals surface area contributed by atoms with E-state index in [0.717, 1.165) is 87.3 Å². The van der Waals surface area contributed by atoms with Gasteiger partial charge < -0.3 is 37.2 Å². The van der Waals surface area contributed by atoms with Crippen LogP contribution in [0.1, 0.15) is 51.2 Å². The predicted molar refractivity (Wildman–Crippen MR) is 229 cm³/mol. The van der Waals surface area contributed by atoms with Gasteiger partial charge in [-0.15, -0.1) is 0 Å². The number of piperidine rings is 1. The van der Waals surface area contributed by atoms with E-state index in [0.29, 0.717) is 48.9 Å². The zero-order chi connectivity index (χ0) is 42.7. The minimum Gasteiger partial charge on any atom is -0.385 e. The van der Waals surface area contributed by atoms with Gasteiger partial charge in [0.25, 0.3) is 11.8 Å². The molecule has 3 aromatic carbocycles. The van der Waals surface area contributed by atoms with E-state index >= 15 is 0 Å². The van der Waals surface area contributed by atoms with Crippen molar-refractivity contribution < 1.29 is 27.6 Å². The first-order chi connectivity index (χ1) is 29.4. The number of amides is 3. The number of aryl methyl sites for hydroxylation is 2. The number of carbonyl (C=O) groups is 3. The number of alkyl halides is 3. The molecule has 5 heterocycles. The van der Waals surface area contributed by atoms with Crippen molar-refractivity contribution in [3.8, 4) is 11.3 Å². The monoisotopic (exact) mass is 835 g/mol. The highest BCUT2D eigenvalue weighted by atomic mass is 19.4. The molecule has 2 fully saturated rings. The maximum atomic E-state index is 13.1. The number of aromatic nitrogens is 3. The van der Waals surface area contributed by atoms with Gasteiger partial charge in [0.15, 0.2) is 0 Å². The van der Waals surface area contributed by atoms with Gasteiger partial charge in [0.2, 0.25) is 5.91 Å². The first-order valence-electron chi connectivity index (χ1n) is 20.5. The van der Waals surface area contributed by atoms with Crippen LogP contribution in [0.25, 0.3) is 11.3 Å². The number of nitrogens with two attached hydrogens (primary N) is 2. The smallest absolute Gasteiger partial charge is 0.385 e. The second-order valence-corrected chi connectivity index (χ2v) is 15.7. The standard InChI is InChI=1S/C44H48F3N11O3/c45-44(46,47)36-2-1-3-38(52-36)53-43(61)30-6-4-29(5-7-30)40-39(41(49)60)42-51-35-13-12-34(26-31(35)17-21-58(42)54-40)57-24-22-55(23-25-57)27-28-15-19-56(20-16-28)33-10-8-32(9-11-33)50-18-14-37(48)59/h1-13,26,28,50-51H,14-25,27H2,(H2,48,59)(H2,49,60)(H,52,53,61). The Morgan fingerprint density at radius 1 is 0.820 bits per heavy atom. The molecule has 2 aromatic heterocycles. The minimum absolute atomic E-state index is 0.180. The van der Waals surface area contributed by atoms with Crippen molar-refractivity contribution in [1.29, 1.82) is 0 Å². The number of nitrogens with one attached hydrogen (secondary N) is 3. The van der Waals surface area contributed by atoms with Crippen molar-refractivity contribution in [3.05, 3.63) is 107 Å². The number of fused-ring (bicyclic) bond motifs is 2. The third-order valence-corrected chi connectivity index (χ3v) is 11.6. The largest absolute Gasteiger partial charge is 0.433 e. The highest BCUT2D eigenvalue weighted by Crippen LogP contribution is 2.36. The molecule has 8 rings (SSSR count). The summed E-state index contributed by atoms with van der Waals surface area (Å²) in [6.07, 6.45) is -1.35. The van der Waals surface area contributed by atoms with Gasteiger partial charge >= 0.3 is 6.18 Å². The van der Waals surface area contributed by atoms with E-state index in [1.807, 2.05) is 6.07 Å². The lowest BCUT2D eigenvalue weighted by Crippen LogP contribution is -2.49. The lowest BCUT2D eigenvalue weighted by molar-refractivity contribution is -0.141. The summed E-state index contributed by atoms with van der Waals surface area (Å²) in [6, 6.07) is 24.3. The number of hydrogen-bond acceptors (Lipinski definition) is 10. The van der Waals surface area contributed by atoms with Crippen LogP contribution in [0.5, 0.6) is 0 Å². The van der Waals surface area contributed by atoms with E-state index in [-0.39, 0.29) is 22.9 Å². The second kappa shape index (κ2) is 17.5. The summed E-state index contributed by atoms with van der Waals surface area (Å²) in [4.78, 5) is 47.8. The van der Waals surface area contributed by atoms with Crippen LogP contribution in [-0.2, 0) is 23.9 Å². The molecule has 0 atom stereocenters. The summed E-state index contributed by atoms with van der Waals surface area (Å²) < 4.78 is 41.0. The molecule has 0 unspecified atom stereocenters. The average Bonchev–Trinajstić information content (AvgIpc) is 3.52. The maximum Gasteiger partial charge on any atom is 0.433 e. The van der Waals surface area contributed by atoms with Gasteiger partial charge in [-0.25, -0.2) is 9.67 Å². The van der Waals surface area contributed by atoms with Crippen LogP contribution in [0.2, 0.25) is 0 Å². The van der Waals surface area contributed by atoms with Crippen LogP contribution in [0, 0.1) is 5.92 Å². The van der Waals surface area contributed by atoms with Gasteiger partial charge in [0.1, 0.15) is 28.6 Å². The first-order valence-corrected chi connectivity index (χ1v) is 20.5. The van der Waals surface area contributed by atoms with Crippen LogP contribution in [-0.4, -0.2) is 89.7 Å². The van der Waals surface area contributed by atoms with Crippen molar-refractivity contribution in [1.82, 2.24) is 19.7 Å². The van der Waals surface area contributed by atoms with Crippen molar-refractivity contribution >= 4 is 52.1 Å². The summed E-state index contributed by atoms with van der Waals surface area (Å²) in [5, 5.41) is 13.8. The molecule has 14 nitrogen and oxygen atoms in total. The third kappa shape index (κ3) is 9.56. The average molecular weight is 836 g/mol. The first kappa shape index (κ1) is 41.1. The molecule has 0 bridgehead atoms. The minimum atomic E-state index is -4.65. The third-order valence-electron chi connectivity index (χ3n) is 11.6. The highest BCUT2D eigenvalue weighted by Gasteiger charge is 2.33. The number of rotatable bonds is 12. The molecule has 0 radical (unpaired) electrons. The molecular formula is C44H48F3N11O3. The number of halogens is 3. The summed E-state index contributed by atoms with van der Waals surface area (Å²) in [5.74, 6) is -0.701. The Kier molecular flexibility index (Phi) is 11.8. The van der Waals surface area contributed by atoms with Crippen LogP contribution in [0.15, 0.2) is 84.9 Å². The van der Waals surface area contributed by atoms with E-state index in [1.165, 1.54) is 30.0 Å². The quantitative estimate of drug-likeness (QED) is 0.101. The molecule has 61 heavy (non-hydrogen) atoms. The van der Waals surface area contributed by atoms with Crippen molar-refractivity contribution in [3.63, 3.8) is 0 Å². The lowest BCUT2D eigenvalue weighted by atomic mass is 9.95. The fraction of sp³-hybridized carbons (Fsp3) is 0.341. The van der Waals surface area contributed by atoms with E-state index in [1.54, 1.807) is 16.8 Å². The summed E-state index contributed by atoms with van der Waals surface area (Å²) in [7, 11) is 0. The zero-order valence-corrected chi connectivity index (χ0v) is 33.5. The van der Waals surface area contributed by atoms with E-state index in [4.69, 9.17) is 16.6 Å². The normalized spacial score (nSPS) is 15.9. The summed E-state index contributed by atoms with van der Waals surface area (Å²) in [5.41, 5.74) is 16.7. The Morgan fingerprint density at radius 2 is 1.52 bits per heavy atom. The number of carbonyl (C=O) groups excluding carboxylic acids is 3. The molecule has 3 aliphatic heterocycles. The van der Waals surface area contributed by atoms with E-state index < -0.39 is 23.7 Å². The van der Waals surface area contributed by atoms with Gasteiger partial charge in [-0.3, -0.25) is 19.3 Å². The maximum absolute atomic E-state index is 13.1. The highest BCUT2D eigenvalue weighted by molar-refractivity contribution is 6.06. The molecule has 17 heteroatoms. The Morgan fingerprint density at radius 3 is 2.21 bits per heavy atom. The number of pyridine rings is 1. The Bertz CT molecular complexity index is 2390. The molecule has 0 saturated carbocycles. The van der Waals surface area contributed by atoms with Crippen LogP contribution >= 0.6 is 0 Å². The molecule has 2 saturated heterocycles. The Labute approximate surface area is 351 Å². The van der Waals surface area contributed by atoms with Crippen LogP contribution < -0.4 is 37.2 Å². The summed E-state index contributed by atoms with van der Waals surface area (Å²) in [6.45, 7) is 8.07. The Balaban J connectivity index is 0.847. The molecule has 0 aliphatic carbocycles. The van der Waals surface area contributed by atoms with Gasteiger partial charge in [-0.05, 0) is 97.5 Å². The van der Waals surface area contributed by atoms with Crippen LogP contribution in [0.3, 0.4) is 0 Å². The topological polar surface area (TPSA) is 180 Å². The number of benzene rings is 3. The molecule has 7 N–H and O–H groups in total. The summed E-state index contributed by atoms with van der Waals surface area (Å²) >= 11 is 0. The van der Waals surface area contributed by atoms with Gasteiger partial charge in [0.05, 0.1) is 0 Å². The van der Waals surface area contributed by atoms with Crippen molar-refractivity contribution in [2.45, 2.75) is 38.4 Å². The van der Waals surface area contributed by atoms with Gasteiger partial charge in [0, 0.05) is 99.2 Å². The number of anilines is 6. The predicted octanol–water partition coefficient (Wildman–Crippen LogP) is 5.94. The molecule has 3 aliphatic rings. The molecule has 5 aromatic rings. The molecule has 318 valence electrons. The van der Waals surface area contributed by atoms with E-state index in [2.05, 4.69) is 72.0 Å². The fourth-order valence-corrected chi connectivity index (χ4v) is 8.32. The van der Waals surface area contributed by atoms with E-state index in [9.17, 15) is 27.6 Å². The fourth-order valence-electron chi connectivity index (χ4n) is 8.32. The second-order valence-electron chi connectivity index (χ2n) is 15.7. The number of nitrogens with zero attached hydrogens (tertiary/aromatic N) is 6. The lowest BCUT2D eigenvalue weighted by Gasteiger charge is -2.40. The van der Waals surface area contributed by atoms with Gasteiger partial charge in [-0.2, -0.15) is 18.3 Å². The van der Waals surface area contributed by atoms with Crippen molar-refractivity contribution in [2.24, 2.45) is 17.4 Å². The number of piperazine rings is 1. The van der Waals surface area contributed by atoms with Gasteiger partial charge in [-0.1, -0.05) is 18.2 Å². The molecular weight excluding hydrogens is 788 g/mol. The molecule has 3 amide bonds. The molecule has 0 spiro atoms. The Hall–Kier alpha value is -6.62.